The zero-order chi connectivity index (χ0) is 16.1. The first-order valence-corrected chi connectivity index (χ1v) is 7.21. The summed E-state index contributed by atoms with van der Waals surface area (Å²) in [5, 5.41) is 2.60. The molecular weight excluding hydrogens is 300 g/mol. The number of para-hydroxylation sites is 1. The Hall–Kier alpha value is -2.47. The summed E-state index contributed by atoms with van der Waals surface area (Å²) in [7, 11) is 0. The first-order valence-electron chi connectivity index (χ1n) is 6.80. The van der Waals surface area contributed by atoms with Crippen LogP contribution in [-0.2, 0) is 9.59 Å². The quantitative estimate of drug-likeness (QED) is 0.390. The fourth-order valence-corrected chi connectivity index (χ4v) is 2.28. The third-order valence-electron chi connectivity index (χ3n) is 3.02. The van der Waals surface area contributed by atoms with Crippen LogP contribution < -0.4 is 10.1 Å². The van der Waals surface area contributed by atoms with Gasteiger partial charge in [-0.3, -0.25) is 19.8 Å². The van der Waals surface area contributed by atoms with Crippen molar-refractivity contribution >= 4 is 35.2 Å². The molecule has 1 aromatic rings. The predicted octanol–water partition coefficient (Wildman–Crippen LogP) is 1.90. The van der Waals surface area contributed by atoms with E-state index in [4.69, 9.17) is 17.0 Å². The molecule has 0 saturated carbocycles. The Morgan fingerprint density at radius 3 is 2.77 bits per heavy atom. The van der Waals surface area contributed by atoms with Crippen molar-refractivity contribution in [1.82, 2.24) is 10.2 Å². The predicted molar refractivity (Wildman–Crippen MR) is 88.2 cm³/mol. The lowest BCUT2D eigenvalue weighted by atomic mass is 10.1. The molecule has 1 aromatic carbocycles. The maximum atomic E-state index is 12.4. The minimum atomic E-state index is -0.512. The summed E-state index contributed by atoms with van der Waals surface area (Å²) in [4.78, 5) is 25.8. The summed E-state index contributed by atoms with van der Waals surface area (Å²) in [5.74, 6) is -0.344. The molecule has 1 heterocycles. The Morgan fingerprint density at radius 1 is 1.36 bits per heavy atom. The number of benzene rings is 1. The molecule has 0 bridgehead atoms. The molecule has 1 fully saturated rings. The molecule has 114 valence electrons. The van der Waals surface area contributed by atoms with Gasteiger partial charge in [-0.25, -0.2) is 0 Å². The highest BCUT2D eigenvalue weighted by Gasteiger charge is 2.32. The van der Waals surface area contributed by atoms with E-state index in [-0.39, 0.29) is 17.2 Å². The minimum absolute atomic E-state index is 0.0163. The van der Waals surface area contributed by atoms with E-state index in [1.807, 2.05) is 19.1 Å². The van der Waals surface area contributed by atoms with Crippen molar-refractivity contribution in [3.8, 4) is 5.75 Å². The molecule has 0 radical (unpaired) electrons. The van der Waals surface area contributed by atoms with Gasteiger partial charge in [0.2, 0.25) is 0 Å². The number of hydrogen-bond donors (Lipinski definition) is 1. The maximum absolute atomic E-state index is 12.4. The van der Waals surface area contributed by atoms with E-state index in [2.05, 4.69) is 11.9 Å². The molecule has 1 N–H and O–H groups in total. The van der Waals surface area contributed by atoms with Crippen molar-refractivity contribution in [3.63, 3.8) is 0 Å². The molecule has 0 unspecified atom stereocenters. The lowest BCUT2D eigenvalue weighted by Crippen LogP contribution is -2.53. The molecule has 0 atom stereocenters. The van der Waals surface area contributed by atoms with Gasteiger partial charge in [-0.15, -0.1) is 6.58 Å². The average Bonchev–Trinajstić information content (AvgIpc) is 2.49. The molecule has 2 amide bonds. The summed E-state index contributed by atoms with van der Waals surface area (Å²) < 4.78 is 5.50. The lowest BCUT2D eigenvalue weighted by Gasteiger charge is -2.27. The number of carbonyl (C=O) groups is 2. The van der Waals surface area contributed by atoms with Crippen molar-refractivity contribution in [1.29, 1.82) is 0 Å². The number of hydrogen-bond acceptors (Lipinski definition) is 4. The van der Waals surface area contributed by atoms with E-state index in [0.717, 1.165) is 0 Å². The molecule has 1 aliphatic heterocycles. The molecule has 1 aliphatic rings. The molecule has 0 spiro atoms. The van der Waals surface area contributed by atoms with Gasteiger partial charge < -0.3 is 4.74 Å². The highest BCUT2D eigenvalue weighted by atomic mass is 32.1. The van der Waals surface area contributed by atoms with Gasteiger partial charge in [0.05, 0.1) is 6.61 Å². The van der Waals surface area contributed by atoms with Gasteiger partial charge in [0.25, 0.3) is 11.8 Å². The number of nitrogens with zero attached hydrogens (tertiary/aromatic N) is 1. The molecule has 22 heavy (non-hydrogen) atoms. The number of thiocarbonyl (C=S) groups is 1. The summed E-state index contributed by atoms with van der Waals surface area (Å²) in [6.45, 7) is 6.18. The highest BCUT2D eigenvalue weighted by Crippen LogP contribution is 2.22. The third kappa shape index (κ3) is 3.23. The zero-order valence-corrected chi connectivity index (χ0v) is 13.0. The van der Waals surface area contributed by atoms with Crippen molar-refractivity contribution in [3.05, 3.63) is 48.1 Å². The second kappa shape index (κ2) is 7.00. The van der Waals surface area contributed by atoms with Gasteiger partial charge in [0.15, 0.2) is 5.11 Å². The smallest absolute Gasteiger partial charge is 0.265 e. The Kier molecular flexibility index (Phi) is 5.06. The topological polar surface area (TPSA) is 58.6 Å². The molecule has 1 saturated heterocycles. The van der Waals surface area contributed by atoms with Crippen LogP contribution in [0.4, 0.5) is 0 Å². The highest BCUT2D eigenvalue weighted by molar-refractivity contribution is 7.80. The maximum Gasteiger partial charge on any atom is 0.265 e. The van der Waals surface area contributed by atoms with Crippen molar-refractivity contribution in [2.45, 2.75) is 6.92 Å². The largest absolute Gasteiger partial charge is 0.493 e. The van der Waals surface area contributed by atoms with Crippen LogP contribution in [0.5, 0.6) is 5.75 Å². The van der Waals surface area contributed by atoms with Gasteiger partial charge in [-0.1, -0.05) is 24.3 Å². The van der Waals surface area contributed by atoms with Crippen LogP contribution in [0.25, 0.3) is 6.08 Å². The number of nitrogens with one attached hydrogen (secondary N) is 1. The summed E-state index contributed by atoms with van der Waals surface area (Å²) >= 11 is 5.01. The Morgan fingerprint density at radius 2 is 2.09 bits per heavy atom. The van der Waals surface area contributed by atoms with E-state index in [9.17, 15) is 9.59 Å². The molecule has 6 heteroatoms. The van der Waals surface area contributed by atoms with Crippen LogP contribution in [-0.4, -0.2) is 35.0 Å². The van der Waals surface area contributed by atoms with E-state index >= 15 is 0 Å². The van der Waals surface area contributed by atoms with Gasteiger partial charge in [-0.05, 0) is 31.3 Å². The molecule has 0 aliphatic carbocycles. The lowest BCUT2D eigenvalue weighted by molar-refractivity contribution is -0.128. The van der Waals surface area contributed by atoms with Crippen LogP contribution in [0.3, 0.4) is 0 Å². The average molecular weight is 316 g/mol. The van der Waals surface area contributed by atoms with Crippen LogP contribution in [0.15, 0.2) is 42.5 Å². The normalized spacial score (nSPS) is 16.7. The third-order valence-corrected chi connectivity index (χ3v) is 3.34. The van der Waals surface area contributed by atoms with Gasteiger partial charge in [-0.2, -0.15) is 0 Å². The first kappa shape index (κ1) is 15.9. The van der Waals surface area contributed by atoms with Crippen LogP contribution in [0.2, 0.25) is 0 Å². The number of ether oxygens (including phenoxy) is 1. The number of carbonyl (C=O) groups excluding carboxylic acids is 2. The van der Waals surface area contributed by atoms with Crippen LogP contribution in [0, 0.1) is 0 Å². The fourth-order valence-electron chi connectivity index (χ4n) is 2.03. The SMILES string of the molecule is C=CCN1C(=O)/C(=C\c2ccccc2OCC)C(=O)NC1=S. The van der Waals surface area contributed by atoms with Crippen LogP contribution in [0.1, 0.15) is 12.5 Å². The summed E-state index contributed by atoms with van der Waals surface area (Å²) in [6, 6.07) is 7.21. The van der Waals surface area contributed by atoms with Gasteiger partial charge in [0, 0.05) is 12.1 Å². The van der Waals surface area contributed by atoms with E-state index in [1.54, 1.807) is 18.2 Å². The first-order chi connectivity index (χ1) is 10.6. The second-order valence-electron chi connectivity index (χ2n) is 4.49. The minimum Gasteiger partial charge on any atom is -0.493 e. The molecule has 5 nitrogen and oxygen atoms in total. The number of rotatable bonds is 5. The van der Waals surface area contributed by atoms with Crippen molar-refractivity contribution in [2.75, 3.05) is 13.2 Å². The monoisotopic (exact) mass is 316 g/mol. The summed E-state index contributed by atoms with van der Waals surface area (Å²) in [6.07, 6.45) is 3.06. The van der Waals surface area contributed by atoms with Gasteiger partial charge >= 0.3 is 0 Å². The molecule has 0 aromatic heterocycles. The Balaban J connectivity index is 2.41. The Bertz CT molecular complexity index is 667. The molecule has 2 rings (SSSR count). The standard InChI is InChI=1S/C16H16N2O3S/c1-3-9-18-15(20)12(14(19)17-16(18)22)10-11-7-5-6-8-13(11)21-4-2/h3,5-8,10H,1,4,9H2,2H3,(H,17,19,22)/b12-10-. The van der Waals surface area contributed by atoms with E-state index < -0.39 is 11.8 Å². The van der Waals surface area contributed by atoms with Crippen LogP contribution >= 0.6 is 12.2 Å². The molecular formula is C16H16N2O3S. The van der Waals surface area contributed by atoms with Gasteiger partial charge in [0.1, 0.15) is 11.3 Å². The van der Waals surface area contributed by atoms with Crippen molar-refractivity contribution < 1.29 is 14.3 Å². The fraction of sp³-hybridized carbons (Fsp3) is 0.188. The van der Waals surface area contributed by atoms with E-state index in [1.165, 1.54) is 11.0 Å². The van der Waals surface area contributed by atoms with Crippen molar-refractivity contribution in [2.24, 2.45) is 0 Å². The number of amides is 2. The van der Waals surface area contributed by atoms with E-state index in [0.29, 0.717) is 17.9 Å². The zero-order valence-electron chi connectivity index (χ0n) is 12.2. The summed E-state index contributed by atoms with van der Waals surface area (Å²) in [5.41, 5.74) is 0.678. The second-order valence-corrected chi connectivity index (χ2v) is 4.88. The Labute approximate surface area is 134 Å².